The summed E-state index contributed by atoms with van der Waals surface area (Å²) in [7, 11) is 0. The predicted molar refractivity (Wildman–Crippen MR) is 60.5 cm³/mol. The smallest absolute Gasteiger partial charge is 0.155 e. The Hall–Kier alpha value is -0.590. The van der Waals surface area contributed by atoms with Gasteiger partial charge >= 0.3 is 0 Å². The van der Waals surface area contributed by atoms with Crippen molar-refractivity contribution in [3.63, 3.8) is 0 Å². The van der Waals surface area contributed by atoms with Gasteiger partial charge in [0.2, 0.25) is 0 Å². The molecule has 2 saturated carbocycles. The van der Waals surface area contributed by atoms with E-state index in [4.69, 9.17) is 0 Å². The Morgan fingerprint density at radius 1 is 1.00 bits per heavy atom. The van der Waals surface area contributed by atoms with Crippen molar-refractivity contribution in [2.75, 3.05) is 0 Å². The lowest BCUT2D eigenvalue weighted by Crippen LogP contribution is -2.34. The molecule has 1 heteroatoms. The predicted octanol–water partition coefficient (Wildman–Crippen LogP) is 3.49. The third-order valence-electron chi connectivity index (χ3n) is 4.81. The minimum Gasteiger partial charge on any atom is -0.295 e. The van der Waals surface area contributed by atoms with Gasteiger partial charge in [-0.2, -0.15) is 0 Å². The van der Waals surface area contributed by atoms with Crippen molar-refractivity contribution in [3.8, 4) is 0 Å². The van der Waals surface area contributed by atoms with Crippen molar-refractivity contribution in [3.05, 3.63) is 11.6 Å². The maximum Gasteiger partial charge on any atom is 0.155 e. The highest BCUT2D eigenvalue weighted by molar-refractivity contribution is 5.91. The molecule has 3 atom stereocenters. The van der Waals surface area contributed by atoms with Crippen LogP contribution in [0.1, 0.15) is 51.4 Å². The number of carbonyl (C=O) groups is 1. The molecule has 0 aromatic heterocycles. The molecule has 0 radical (unpaired) electrons. The Balaban J connectivity index is 1.84. The monoisotopic (exact) mass is 204 g/mol. The van der Waals surface area contributed by atoms with Gasteiger partial charge in [-0.3, -0.25) is 4.79 Å². The molecule has 82 valence electrons. The molecular weight excluding hydrogens is 184 g/mol. The van der Waals surface area contributed by atoms with E-state index < -0.39 is 0 Å². The summed E-state index contributed by atoms with van der Waals surface area (Å²) in [6.45, 7) is 0. The number of allylic oxidation sites excluding steroid dienone is 2. The average Bonchev–Trinajstić information content (AvgIpc) is 2.28. The molecule has 0 spiro atoms. The summed E-state index contributed by atoms with van der Waals surface area (Å²) < 4.78 is 0. The van der Waals surface area contributed by atoms with Crippen LogP contribution < -0.4 is 0 Å². The largest absolute Gasteiger partial charge is 0.295 e. The SMILES string of the molecule is O=C1C=C2CCC3CCCCC3C2CC1. The van der Waals surface area contributed by atoms with Crippen LogP contribution in [0.3, 0.4) is 0 Å². The second kappa shape index (κ2) is 3.77. The van der Waals surface area contributed by atoms with Crippen LogP contribution in [0.15, 0.2) is 11.6 Å². The molecule has 3 rings (SSSR count). The molecule has 15 heavy (non-hydrogen) atoms. The third kappa shape index (κ3) is 1.66. The van der Waals surface area contributed by atoms with Gasteiger partial charge in [0.25, 0.3) is 0 Å². The lowest BCUT2D eigenvalue weighted by atomic mass is 9.61. The molecule has 3 aliphatic carbocycles. The summed E-state index contributed by atoms with van der Waals surface area (Å²) in [5, 5.41) is 0. The highest BCUT2D eigenvalue weighted by Crippen LogP contribution is 2.48. The molecule has 3 unspecified atom stereocenters. The van der Waals surface area contributed by atoms with Gasteiger partial charge in [0.15, 0.2) is 5.78 Å². The summed E-state index contributed by atoms with van der Waals surface area (Å²) in [5.74, 6) is 3.11. The zero-order chi connectivity index (χ0) is 10.3. The Morgan fingerprint density at radius 3 is 2.80 bits per heavy atom. The lowest BCUT2D eigenvalue weighted by Gasteiger charge is -2.44. The first-order valence-electron chi connectivity index (χ1n) is 6.58. The molecule has 0 heterocycles. The van der Waals surface area contributed by atoms with E-state index in [-0.39, 0.29) is 0 Å². The summed E-state index contributed by atoms with van der Waals surface area (Å²) in [6.07, 6.45) is 12.3. The highest BCUT2D eigenvalue weighted by atomic mass is 16.1. The third-order valence-corrected chi connectivity index (χ3v) is 4.81. The molecule has 2 fully saturated rings. The molecule has 0 bridgehead atoms. The van der Waals surface area contributed by atoms with Gasteiger partial charge in [-0.1, -0.05) is 24.8 Å². The van der Waals surface area contributed by atoms with Crippen molar-refractivity contribution in [1.29, 1.82) is 0 Å². The minimum absolute atomic E-state index is 0.385. The Bertz CT molecular complexity index is 302. The first-order valence-corrected chi connectivity index (χ1v) is 6.58. The molecule has 0 amide bonds. The van der Waals surface area contributed by atoms with Crippen LogP contribution in [0.5, 0.6) is 0 Å². The first kappa shape index (κ1) is 9.62. The molecule has 0 N–H and O–H groups in total. The van der Waals surface area contributed by atoms with Crippen LogP contribution in [0.2, 0.25) is 0 Å². The molecule has 3 aliphatic rings. The Morgan fingerprint density at radius 2 is 1.87 bits per heavy atom. The Labute approximate surface area is 91.9 Å². The lowest BCUT2D eigenvalue weighted by molar-refractivity contribution is -0.115. The number of carbonyl (C=O) groups excluding carboxylic acids is 1. The van der Waals surface area contributed by atoms with Gasteiger partial charge in [0, 0.05) is 6.42 Å². The van der Waals surface area contributed by atoms with Gasteiger partial charge in [-0.15, -0.1) is 0 Å². The zero-order valence-electron chi connectivity index (χ0n) is 9.37. The topological polar surface area (TPSA) is 17.1 Å². The maximum absolute atomic E-state index is 11.4. The van der Waals surface area contributed by atoms with Crippen LogP contribution in [0, 0.1) is 17.8 Å². The van der Waals surface area contributed by atoms with Crippen LogP contribution in [-0.4, -0.2) is 5.78 Å². The Kier molecular flexibility index (Phi) is 2.42. The van der Waals surface area contributed by atoms with Crippen molar-refractivity contribution >= 4 is 5.78 Å². The molecule has 0 aromatic rings. The first-order chi connectivity index (χ1) is 7.34. The molecule has 0 aromatic carbocycles. The van der Waals surface area contributed by atoms with Crippen molar-refractivity contribution < 1.29 is 4.79 Å². The number of rotatable bonds is 0. The summed E-state index contributed by atoms with van der Waals surface area (Å²) >= 11 is 0. The van der Waals surface area contributed by atoms with E-state index in [2.05, 4.69) is 0 Å². The fraction of sp³-hybridized carbons (Fsp3) is 0.786. The zero-order valence-corrected chi connectivity index (χ0v) is 9.37. The number of ketones is 1. The van der Waals surface area contributed by atoms with Crippen LogP contribution >= 0.6 is 0 Å². The summed E-state index contributed by atoms with van der Waals surface area (Å²) in [4.78, 5) is 11.4. The second-order valence-corrected chi connectivity index (χ2v) is 5.58. The van der Waals surface area contributed by atoms with Gasteiger partial charge in [-0.25, -0.2) is 0 Å². The van der Waals surface area contributed by atoms with Gasteiger partial charge in [0.1, 0.15) is 0 Å². The normalized spacial score (nSPS) is 40.4. The van der Waals surface area contributed by atoms with E-state index in [1.165, 1.54) is 44.1 Å². The van der Waals surface area contributed by atoms with Crippen molar-refractivity contribution in [1.82, 2.24) is 0 Å². The number of hydrogen-bond donors (Lipinski definition) is 0. The van der Waals surface area contributed by atoms with E-state index in [1.807, 2.05) is 6.08 Å². The van der Waals surface area contributed by atoms with Crippen LogP contribution in [0.4, 0.5) is 0 Å². The standard InChI is InChI=1S/C14H20O/c15-12-7-8-14-11(9-12)6-5-10-3-1-2-4-13(10)14/h9-10,13-14H,1-8H2. The number of fused-ring (bicyclic) bond motifs is 3. The fourth-order valence-corrected chi connectivity index (χ4v) is 4.09. The van der Waals surface area contributed by atoms with Crippen molar-refractivity contribution in [2.45, 2.75) is 51.4 Å². The van der Waals surface area contributed by atoms with Gasteiger partial charge in [-0.05, 0) is 49.5 Å². The van der Waals surface area contributed by atoms with Gasteiger partial charge in [0.05, 0.1) is 0 Å². The number of hydrogen-bond acceptors (Lipinski definition) is 1. The molecular formula is C14H20O. The van der Waals surface area contributed by atoms with E-state index in [0.717, 1.165) is 30.6 Å². The van der Waals surface area contributed by atoms with E-state index in [1.54, 1.807) is 0 Å². The van der Waals surface area contributed by atoms with Crippen LogP contribution in [0.25, 0.3) is 0 Å². The fourth-order valence-electron chi connectivity index (χ4n) is 4.09. The van der Waals surface area contributed by atoms with Crippen LogP contribution in [-0.2, 0) is 4.79 Å². The molecule has 0 saturated heterocycles. The maximum atomic E-state index is 11.4. The summed E-state index contributed by atoms with van der Waals surface area (Å²) in [5.41, 5.74) is 1.51. The van der Waals surface area contributed by atoms with Crippen molar-refractivity contribution in [2.24, 2.45) is 17.8 Å². The molecule has 0 aliphatic heterocycles. The quantitative estimate of drug-likeness (QED) is 0.590. The summed E-state index contributed by atoms with van der Waals surface area (Å²) in [6, 6.07) is 0. The minimum atomic E-state index is 0.385. The van der Waals surface area contributed by atoms with E-state index in [9.17, 15) is 4.79 Å². The van der Waals surface area contributed by atoms with E-state index >= 15 is 0 Å². The second-order valence-electron chi connectivity index (χ2n) is 5.58. The highest BCUT2D eigenvalue weighted by Gasteiger charge is 2.38. The van der Waals surface area contributed by atoms with E-state index in [0.29, 0.717) is 5.78 Å². The average molecular weight is 204 g/mol. The molecule has 1 nitrogen and oxygen atoms in total. The van der Waals surface area contributed by atoms with Gasteiger partial charge < -0.3 is 0 Å².